The number of carbonyl (C=O) groups excluding carboxylic acids is 2. The fourth-order valence-corrected chi connectivity index (χ4v) is 9.56. The minimum absolute atomic E-state index is 0.0880. The van der Waals surface area contributed by atoms with Crippen molar-refractivity contribution in [2.45, 2.75) is 184 Å². The minimum Gasteiger partial charge on any atom is -0.469 e. The van der Waals surface area contributed by atoms with Crippen molar-refractivity contribution < 1.29 is 77.0 Å². The number of hydrogen-bond acceptors (Lipinski definition) is 16. The van der Waals surface area contributed by atoms with Gasteiger partial charge in [0.15, 0.2) is 18.9 Å². The second-order valence-corrected chi connectivity index (χ2v) is 19.5. The van der Waals surface area contributed by atoms with Crippen LogP contribution in [0.15, 0.2) is 121 Å². The van der Waals surface area contributed by atoms with E-state index in [-0.39, 0.29) is 45.6 Å². The summed E-state index contributed by atoms with van der Waals surface area (Å²) in [7, 11) is 1.39. The van der Waals surface area contributed by atoms with Crippen LogP contribution in [0.2, 0.25) is 0 Å². The van der Waals surface area contributed by atoms with Gasteiger partial charge in [-0.3, -0.25) is 9.59 Å². The molecule has 7 rings (SSSR count). The second-order valence-electron chi connectivity index (χ2n) is 19.5. The second kappa shape index (κ2) is 30.3. The van der Waals surface area contributed by atoms with Gasteiger partial charge in [-0.05, 0) is 48.9 Å². The summed E-state index contributed by atoms with van der Waals surface area (Å²) in [6.07, 6.45) is -10.8. The Morgan fingerprint density at radius 2 is 1.00 bits per heavy atom. The molecule has 1 amide bonds. The summed E-state index contributed by atoms with van der Waals surface area (Å²) in [4.78, 5) is 25.0. The van der Waals surface area contributed by atoms with Crippen molar-refractivity contribution in [2.75, 3.05) is 20.3 Å². The molecule has 17 nitrogen and oxygen atoms in total. The topological polar surface area (TPSA) is 208 Å². The lowest BCUT2D eigenvalue weighted by molar-refractivity contribution is -0.378. The average Bonchev–Trinajstić information content (AvgIpc) is 3.42. The number of aliphatic hydroxyl groups is 3. The van der Waals surface area contributed by atoms with E-state index in [9.17, 15) is 24.9 Å². The van der Waals surface area contributed by atoms with Crippen LogP contribution < -0.4 is 5.32 Å². The van der Waals surface area contributed by atoms with E-state index in [1.807, 2.05) is 128 Å². The fraction of sp³-hybridized carbons (Fsp3) is 0.552. The van der Waals surface area contributed by atoms with Crippen LogP contribution in [-0.2, 0) is 88.1 Å². The number of hydrogen-bond donors (Lipinski definition) is 4. The molecule has 0 saturated carbocycles. The summed E-state index contributed by atoms with van der Waals surface area (Å²) in [6, 6.07) is 37.8. The molecule has 3 heterocycles. The number of amides is 1. The van der Waals surface area contributed by atoms with Crippen molar-refractivity contribution in [1.29, 1.82) is 0 Å². The standard InChI is InChI=1S/C58H77NO16/c1-38-48(62)49(63)50(64)57(71-38)74-52-45(37-66-33-41-23-13-9-14-24-41)73-56(67-32-22-8-6-5-7-21-31-46(61)65-4)47(59-40(3)60)53(52)75-58-55(70-36-44-29-19-12-20-30-44)54(69-35-43-27-17-11-18-28-43)51(39(2)72-58)68-34-42-25-15-10-16-26-42/h9-20,23-30,38-39,45,47-58,62-64H,5-8,21-22,31-37H2,1-4H3,(H,59,60)/t38-,39+,45-,47-,48+,49+,50-,51-,52-,53-,54-,55+,56-,57+,58+/m1/s1. The van der Waals surface area contributed by atoms with Crippen LogP contribution >= 0.6 is 0 Å². The summed E-state index contributed by atoms with van der Waals surface area (Å²) >= 11 is 0. The van der Waals surface area contributed by atoms with Gasteiger partial charge in [-0.1, -0.05) is 147 Å². The van der Waals surface area contributed by atoms with E-state index in [1.54, 1.807) is 6.92 Å². The van der Waals surface area contributed by atoms with E-state index < -0.39 is 98.0 Å². The zero-order chi connectivity index (χ0) is 52.9. The van der Waals surface area contributed by atoms with Gasteiger partial charge in [-0.2, -0.15) is 0 Å². The molecule has 4 aromatic carbocycles. The Balaban J connectivity index is 1.24. The lowest BCUT2D eigenvalue weighted by atomic mass is 9.94. The van der Waals surface area contributed by atoms with Gasteiger partial charge >= 0.3 is 5.97 Å². The van der Waals surface area contributed by atoms with E-state index in [0.29, 0.717) is 12.8 Å². The molecule has 0 aromatic heterocycles. The molecule has 3 fully saturated rings. The summed E-state index contributed by atoms with van der Waals surface area (Å²) in [5.41, 5.74) is 3.66. The van der Waals surface area contributed by atoms with Gasteiger partial charge in [0.2, 0.25) is 5.91 Å². The highest BCUT2D eigenvalue weighted by molar-refractivity contribution is 5.73. The van der Waals surface area contributed by atoms with E-state index in [1.165, 1.54) is 14.0 Å². The highest BCUT2D eigenvalue weighted by Crippen LogP contribution is 2.37. The molecule has 0 spiro atoms. The molecule has 410 valence electrons. The van der Waals surface area contributed by atoms with E-state index in [0.717, 1.165) is 54.4 Å². The van der Waals surface area contributed by atoms with Crippen LogP contribution in [0.4, 0.5) is 0 Å². The number of nitrogens with one attached hydrogen (secondary N) is 1. The number of ether oxygens (including phenoxy) is 11. The third-order valence-electron chi connectivity index (χ3n) is 13.7. The molecule has 0 unspecified atom stereocenters. The molecule has 0 bridgehead atoms. The third-order valence-corrected chi connectivity index (χ3v) is 13.7. The minimum atomic E-state index is -1.71. The van der Waals surface area contributed by atoms with Crippen LogP contribution in [0.5, 0.6) is 0 Å². The zero-order valence-corrected chi connectivity index (χ0v) is 43.5. The van der Waals surface area contributed by atoms with Gasteiger partial charge in [0.05, 0.1) is 52.4 Å². The Morgan fingerprint density at radius 1 is 0.507 bits per heavy atom. The summed E-state index contributed by atoms with van der Waals surface area (Å²) in [5.74, 6) is -0.644. The average molecular weight is 1040 g/mol. The molecule has 17 heteroatoms. The number of carbonyl (C=O) groups is 2. The fourth-order valence-electron chi connectivity index (χ4n) is 9.56. The summed E-state index contributed by atoms with van der Waals surface area (Å²) in [6.45, 7) is 5.77. The number of methoxy groups -OCH3 is 1. The van der Waals surface area contributed by atoms with E-state index in [4.69, 9.17) is 52.1 Å². The largest absolute Gasteiger partial charge is 0.469 e. The monoisotopic (exact) mass is 1040 g/mol. The number of esters is 1. The molecular weight excluding hydrogens is 967 g/mol. The van der Waals surface area contributed by atoms with Gasteiger partial charge < -0.3 is 72.7 Å². The predicted octanol–water partition coefficient (Wildman–Crippen LogP) is 6.45. The number of benzene rings is 4. The maximum atomic E-state index is 13.4. The molecule has 4 N–H and O–H groups in total. The molecule has 3 saturated heterocycles. The Hall–Kier alpha value is -4.70. The van der Waals surface area contributed by atoms with Crippen molar-refractivity contribution in [3.63, 3.8) is 0 Å². The van der Waals surface area contributed by atoms with Gasteiger partial charge in [0.25, 0.3) is 0 Å². The smallest absolute Gasteiger partial charge is 0.305 e. The Labute approximate surface area is 440 Å². The van der Waals surface area contributed by atoms with Crippen molar-refractivity contribution in [3.05, 3.63) is 144 Å². The quantitative estimate of drug-likeness (QED) is 0.0356. The Morgan fingerprint density at radius 3 is 1.56 bits per heavy atom. The first-order valence-corrected chi connectivity index (χ1v) is 26.3. The molecule has 15 atom stereocenters. The molecule has 3 aliphatic rings. The Kier molecular flexibility index (Phi) is 23.4. The lowest BCUT2D eigenvalue weighted by Crippen LogP contribution is -2.70. The van der Waals surface area contributed by atoms with Crippen molar-refractivity contribution in [1.82, 2.24) is 5.32 Å². The number of aliphatic hydroxyl groups excluding tert-OH is 3. The highest BCUT2D eigenvalue weighted by atomic mass is 16.8. The predicted molar refractivity (Wildman–Crippen MR) is 274 cm³/mol. The van der Waals surface area contributed by atoms with Gasteiger partial charge in [0.1, 0.15) is 61.0 Å². The van der Waals surface area contributed by atoms with Gasteiger partial charge in [0, 0.05) is 20.0 Å². The maximum absolute atomic E-state index is 13.4. The van der Waals surface area contributed by atoms with Gasteiger partial charge in [-0.15, -0.1) is 0 Å². The van der Waals surface area contributed by atoms with E-state index >= 15 is 0 Å². The SMILES string of the molecule is COC(=O)CCCCCCCCO[C@@H]1O[C@H](COCc2ccccc2)[C@@H](O[C@@H]2O[C@H](C)[C@H](O)[C@H](O)[C@H]2O)[C@H](O[C@@H]2O[C@@H](C)[C@@H](OCc3ccccc3)[C@@H](OCc3ccccc3)[C@@H]2OCc2ccccc2)[C@H]1NC(C)=O. The van der Waals surface area contributed by atoms with Crippen molar-refractivity contribution in [3.8, 4) is 0 Å². The first-order valence-electron chi connectivity index (χ1n) is 26.3. The maximum Gasteiger partial charge on any atom is 0.305 e. The van der Waals surface area contributed by atoms with Crippen LogP contribution in [0.25, 0.3) is 0 Å². The van der Waals surface area contributed by atoms with Crippen LogP contribution in [0.1, 0.15) is 88.0 Å². The van der Waals surface area contributed by atoms with Crippen molar-refractivity contribution in [2.24, 2.45) is 0 Å². The Bertz CT molecular complexity index is 2230. The first kappa shape index (κ1) is 58.0. The summed E-state index contributed by atoms with van der Waals surface area (Å²) < 4.78 is 72.0. The van der Waals surface area contributed by atoms with Crippen molar-refractivity contribution >= 4 is 11.9 Å². The number of rotatable bonds is 28. The normalized spacial score (nSPS) is 29.9. The highest BCUT2D eigenvalue weighted by Gasteiger charge is 2.56. The first-order chi connectivity index (χ1) is 36.5. The van der Waals surface area contributed by atoms with Crippen LogP contribution in [-0.4, -0.2) is 140 Å². The van der Waals surface area contributed by atoms with Gasteiger partial charge in [-0.25, -0.2) is 0 Å². The molecule has 3 aliphatic heterocycles. The molecule has 0 radical (unpaired) electrons. The molecular formula is C58H77NO16. The molecule has 4 aromatic rings. The lowest BCUT2D eigenvalue weighted by Gasteiger charge is -2.51. The summed E-state index contributed by atoms with van der Waals surface area (Å²) in [5, 5.41) is 36.3. The third kappa shape index (κ3) is 17.4. The zero-order valence-electron chi connectivity index (χ0n) is 43.5. The molecule has 75 heavy (non-hydrogen) atoms. The van der Waals surface area contributed by atoms with E-state index in [2.05, 4.69) is 5.32 Å². The van der Waals surface area contributed by atoms with Crippen LogP contribution in [0.3, 0.4) is 0 Å². The molecule has 0 aliphatic carbocycles. The van der Waals surface area contributed by atoms with Crippen LogP contribution in [0, 0.1) is 0 Å². The number of unbranched alkanes of at least 4 members (excludes halogenated alkanes) is 5.